The lowest BCUT2D eigenvalue weighted by molar-refractivity contribution is 0.625. The first-order valence-electron chi connectivity index (χ1n) is 5.03. The molecule has 0 bridgehead atoms. The first kappa shape index (κ1) is 11.2. The van der Waals surface area contributed by atoms with Crippen LogP contribution in [0.4, 0.5) is 0 Å². The van der Waals surface area contributed by atoms with Crippen LogP contribution in [-0.2, 0) is 0 Å². The highest BCUT2D eigenvalue weighted by molar-refractivity contribution is 6.99. The van der Waals surface area contributed by atoms with E-state index in [1.165, 1.54) is 22.9 Å². The largest absolute Gasteiger partial charge is 0.271 e. The molecule has 0 aliphatic heterocycles. The predicted molar refractivity (Wildman–Crippen MR) is 65.0 cm³/mol. The molecule has 0 radical (unpaired) electrons. The Morgan fingerprint density at radius 1 is 1.31 bits per heavy atom. The van der Waals surface area contributed by atoms with Crippen LogP contribution in [0.5, 0.6) is 0 Å². The van der Waals surface area contributed by atoms with E-state index in [0.29, 0.717) is 0 Å². The van der Waals surface area contributed by atoms with Crippen LogP contribution in [0, 0.1) is 13.8 Å². The summed E-state index contributed by atoms with van der Waals surface area (Å²) < 4.78 is 8.20. The average molecular weight is 234 g/mol. The summed E-state index contributed by atoms with van der Waals surface area (Å²) >= 11 is 1.19. The molecule has 5 heteroatoms. The number of hydrazine groups is 1. The Kier molecular flexibility index (Phi) is 3.28. The van der Waals surface area contributed by atoms with Gasteiger partial charge in [-0.2, -0.15) is 8.75 Å². The number of rotatable bonds is 3. The fourth-order valence-electron chi connectivity index (χ4n) is 1.60. The van der Waals surface area contributed by atoms with Gasteiger partial charge in [-0.15, -0.1) is 0 Å². The molecule has 1 aromatic carbocycles. The third-order valence-electron chi connectivity index (χ3n) is 2.71. The Balaban J connectivity index is 2.37. The molecule has 84 valence electrons. The van der Waals surface area contributed by atoms with E-state index in [-0.39, 0.29) is 6.04 Å². The van der Waals surface area contributed by atoms with Gasteiger partial charge in [0.1, 0.15) is 0 Å². The molecule has 0 saturated heterocycles. The molecule has 16 heavy (non-hydrogen) atoms. The number of aryl methyl sites for hydroxylation is 2. The second-order valence-corrected chi connectivity index (χ2v) is 4.33. The van der Waals surface area contributed by atoms with Crippen molar-refractivity contribution in [3.8, 4) is 0 Å². The molecule has 0 aliphatic rings. The first-order chi connectivity index (χ1) is 7.72. The van der Waals surface area contributed by atoms with Crippen molar-refractivity contribution in [3.63, 3.8) is 0 Å². The average Bonchev–Trinajstić information content (AvgIpc) is 2.78. The Morgan fingerprint density at radius 3 is 2.69 bits per heavy atom. The monoisotopic (exact) mass is 234 g/mol. The van der Waals surface area contributed by atoms with Crippen molar-refractivity contribution in [1.82, 2.24) is 14.2 Å². The van der Waals surface area contributed by atoms with E-state index in [4.69, 9.17) is 5.84 Å². The van der Waals surface area contributed by atoms with Crippen molar-refractivity contribution in [2.45, 2.75) is 19.9 Å². The molecule has 2 aromatic rings. The number of nitrogens with two attached hydrogens (primary N) is 1. The van der Waals surface area contributed by atoms with Gasteiger partial charge in [0.2, 0.25) is 0 Å². The highest BCUT2D eigenvalue weighted by atomic mass is 32.1. The zero-order valence-electron chi connectivity index (χ0n) is 9.27. The van der Waals surface area contributed by atoms with E-state index >= 15 is 0 Å². The van der Waals surface area contributed by atoms with Crippen LogP contribution in [0.15, 0.2) is 24.4 Å². The van der Waals surface area contributed by atoms with E-state index in [9.17, 15) is 0 Å². The van der Waals surface area contributed by atoms with Crippen molar-refractivity contribution >= 4 is 11.7 Å². The third kappa shape index (κ3) is 2.11. The Labute approximate surface area is 98.8 Å². The zero-order valence-corrected chi connectivity index (χ0v) is 10.1. The van der Waals surface area contributed by atoms with Crippen LogP contribution in [0.2, 0.25) is 0 Å². The van der Waals surface area contributed by atoms with E-state index in [1.807, 2.05) is 0 Å². The van der Waals surface area contributed by atoms with Gasteiger partial charge in [0.05, 0.1) is 29.7 Å². The SMILES string of the molecule is Cc1ccc(C(NN)c2cnsn2)cc1C. The van der Waals surface area contributed by atoms with E-state index in [1.54, 1.807) is 6.20 Å². The summed E-state index contributed by atoms with van der Waals surface area (Å²) in [6.07, 6.45) is 1.74. The van der Waals surface area contributed by atoms with Gasteiger partial charge in [0.15, 0.2) is 0 Å². The van der Waals surface area contributed by atoms with Gasteiger partial charge in [-0.05, 0) is 30.5 Å². The molecule has 0 spiro atoms. The molecule has 2 rings (SSSR count). The van der Waals surface area contributed by atoms with E-state index in [0.717, 1.165) is 11.3 Å². The summed E-state index contributed by atoms with van der Waals surface area (Å²) in [4.78, 5) is 0. The molecular formula is C11H14N4S. The maximum Gasteiger partial charge on any atom is 0.0970 e. The zero-order chi connectivity index (χ0) is 11.5. The predicted octanol–water partition coefficient (Wildman–Crippen LogP) is 1.71. The Bertz CT molecular complexity index is 467. The molecule has 4 nitrogen and oxygen atoms in total. The summed E-state index contributed by atoms with van der Waals surface area (Å²) in [6, 6.07) is 6.19. The molecular weight excluding hydrogens is 220 g/mol. The summed E-state index contributed by atoms with van der Waals surface area (Å²) in [7, 11) is 0. The fourth-order valence-corrected chi connectivity index (χ4v) is 2.04. The number of hydrogen-bond acceptors (Lipinski definition) is 5. The number of nitrogens with zero attached hydrogens (tertiary/aromatic N) is 2. The van der Waals surface area contributed by atoms with Gasteiger partial charge in [-0.25, -0.2) is 5.43 Å². The second kappa shape index (κ2) is 4.69. The van der Waals surface area contributed by atoms with Crippen LogP contribution in [0.1, 0.15) is 28.4 Å². The third-order valence-corrected chi connectivity index (χ3v) is 3.20. The summed E-state index contributed by atoms with van der Waals surface area (Å²) in [5.41, 5.74) is 7.26. The Morgan fingerprint density at radius 2 is 2.12 bits per heavy atom. The highest BCUT2D eigenvalue weighted by Gasteiger charge is 2.15. The first-order valence-corrected chi connectivity index (χ1v) is 5.76. The van der Waals surface area contributed by atoms with Gasteiger partial charge in [-0.3, -0.25) is 5.84 Å². The lowest BCUT2D eigenvalue weighted by Crippen LogP contribution is -2.29. The van der Waals surface area contributed by atoms with Crippen LogP contribution in [-0.4, -0.2) is 8.75 Å². The molecule has 1 unspecified atom stereocenters. The van der Waals surface area contributed by atoms with Gasteiger partial charge in [0.25, 0.3) is 0 Å². The molecule has 0 amide bonds. The summed E-state index contributed by atoms with van der Waals surface area (Å²) in [5, 5.41) is 0. The van der Waals surface area contributed by atoms with Gasteiger partial charge in [0, 0.05) is 0 Å². The molecule has 1 atom stereocenters. The van der Waals surface area contributed by atoms with Crippen molar-refractivity contribution < 1.29 is 0 Å². The van der Waals surface area contributed by atoms with Gasteiger partial charge < -0.3 is 0 Å². The molecule has 1 aromatic heterocycles. The van der Waals surface area contributed by atoms with Crippen molar-refractivity contribution in [1.29, 1.82) is 0 Å². The number of aromatic nitrogens is 2. The molecule has 0 saturated carbocycles. The minimum Gasteiger partial charge on any atom is -0.271 e. The Hall–Kier alpha value is -1.30. The van der Waals surface area contributed by atoms with Crippen LogP contribution >= 0.6 is 11.7 Å². The van der Waals surface area contributed by atoms with Crippen molar-refractivity contribution in [2.24, 2.45) is 5.84 Å². The maximum atomic E-state index is 5.57. The lowest BCUT2D eigenvalue weighted by atomic mass is 10.00. The second-order valence-electron chi connectivity index (χ2n) is 3.78. The smallest absolute Gasteiger partial charge is 0.0970 e. The maximum absolute atomic E-state index is 5.57. The van der Waals surface area contributed by atoms with Crippen molar-refractivity contribution in [3.05, 3.63) is 46.8 Å². The minimum absolute atomic E-state index is 0.0851. The molecule has 3 N–H and O–H groups in total. The number of nitrogens with one attached hydrogen (secondary N) is 1. The van der Waals surface area contributed by atoms with Crippen LogP contribution in [0.3, 0.4) is 0 Å². The summed E-state index contributed by atoms with van der Waals surface area (Å²) in [6.45, 7) is 4.18. The molecule has 0 fully saturated rings. The quantitative estimate of drug-likeness (QED) is 0.627. The normalized spacial score (nSPS) is 12.7. The van der Waals surface area contributed by atoms with Crippen LogP contribution in [0.25, 0.3) is 0 Å². The molecule has 1 heterocycles. The van der Waals surface area contributed by atoms with E-state index < -0.39 is 0 Å². The lowest BCUT2D eigenvalue weighted by Gasteiger charge is -2.14. The standard InChI is InChI=1S/C11H14N4S/c1-7-3-4-9(5-8(7)2)11(14-12)10-6-13-16-15-10/h3-6,11,14H,12H2,1-2H3. The van der Waals surface area contributed by atoms with Gasteiger partial charge >= 0.3 is 0 Å². The van der Waals surface area contributed by atoms with Crippen LogP contribution < -0.4 is 11.3 Å². The molecule has 0 aliphatic carbocycles. The van der Waals surface area contributed by atoms with Crippen molar-refractivity contribution in [2.75, 3.05) is 0 Å². The number of hydrogen-bond donors (Lipinski definition) is 2. The fraction of sp³-hybridized carbons (Fsp3) is 0.273. The number of benzene rings is 1. The highest BCUT2D eigenvalue weighted by Crippen LogP contribution is 2.21. The summed E-state index contributed by atoms with van der Waals surface area (Å²) in [5.74, 6) is 5.57. The van der Waals surface area contributed by atoms with E-state index in [2.05, 4.69) is 46.2 Å². The minimum atomic E-state index is -0.0851. The topological polar surface area (TPSA) is 63.8 Å². The van der Waals surface area contributed by atoms with Gasteiger partial charge in [-0.1, -0.05) is 18.2 Å².